The molecule has 0 heterocycles. The zero-order valence-corrected chi connectivity index (χ0v) is 14.0. The van der Waals surface area contributed by atoms with Gasteiger partial charge in [-0.25, -0.2) is 0 Å². The molecule has 0 spiro atoms. The van der Waals surface area contributed by atoms with Crippen molar-refractivity contribution in [2.75, 3.05) is 13.2 Å². The summed E-state index contributed by atoms with van der Waals surface area (Å²) >= 11 is 0. The molecule has 0 radical (unpaired) electrons. The van der Waals surface area contributed by atoms with Gasteiger partial charge in [0.25, 0.3) is 0 Å². The van der Waals surface area contributed by atoms with Crippen molar-refractivity contribution in [2.24, 2.45) is 5.92 Å². The van der Waals surface area contributed by atoms with Gasteiger partial charge in [0.05, 0.1) is 6.61 Å². The lowest BCUT2D eigenvalue weighted by Gasteiger charge is -2.20. The summed E-state index contributed by atoms with van der Waals surface area (Å²) in [7, 11) is 0. The summed E-state index contributed by atoms with van der Waals surface area (Å²) in [6.45, 7) is 5.95. The van der Waals surface area contributed by atoms with Crippen molar-refractivity contribution in [1.82, 2.24) is 5.32 Å². The van der Waals surface area contributed by atoms with Crippen molar-refractivity contribution in [2.45, 2.75) is 65.6 Å². The lowest BCUT2D eigenvalue weighted by Crippen LogP contribution is -2.32. The van der Waals surface area contributed by atoms with Gasteiger partial charge in [0.2, 0.25) is 5.91 Å². The first-order valence-electron chi connectivity index (χ1n) is 8.08. The standard InChI is InChI=1S/C16H31NO5/c1-4-9-12(2)15(20)14(17-13(3)19)16(21)22-11-8-6-5-7-10-18/h12,16,18,20-21H,4-11H2,1-3H3,(H,17,19)/p+1/b15-14-/t12-,16-/m0/s1. The van der Waals surface area contributed by atoms with Crippen molar-refractivity contribution in [3.63, 3.8) is 0 Å². The van der Waals surface area contributed by atoms with Gasteiger partial charge in [0.15, 0.2) is 6.29 Å². The van der Waals surface area contributed by atoms with Crippen LogP contribution in [0, 0.1) is 5.92 Å². The van der Waals surface area contributed by atoms with E-state index in [2.05, 4.69) is 5.32 Å². The molecule has 0 bridgehead atoms. The molecular weight excluding hydrogens is 286 g/mol. The molecule has 130 valence electrons. The van der Waals surface area contributed by atoms with Gasteiger partial charge in [-0.05, 0) is 19.3 Å². The zero-order chi connectivity index (χ0) is 17.0. The first-order valence-corrected chi connectivity index (χ1v) is 8.08. The number of hydrogen-bond donors (Lipinski definition) is 3. The van der Waals surface area contributed by atoms with Gasteiger partial charge < -0.3 is 25.4 Å². The highest BCUT2D eigenvalue weighted by Crippen LogP contribution is 2.19. The third-order valence-electron chi connectivity index (χ3n) is 3.37. The molecule has 6 heteroatoms. The second-order valence-corrected chi connectivity index (χ2v) is 5.56. The van der Waals surface area contributed by atoms with Gasteiger partial charge in [-0.1, -0.05) is 26.7 Å². The molecule has 0 saturated carbocycles. The molecule has 0 aromatic heterocycles. The van der Waals surface area contributed by atoms with E-state index in [0.717, 1.165) is 38.5 Å². The Morgan fingerprint density at radius 2 is 1.91 bits per heavy atom. The van der Waals surface area contributed by atoms with E-state index in [1.807, 2.05) is 13.8 Å². The van der Waals surface area contributed by atoms with Gasteiger partial charge >= 0.3 is 0 Å². The normalized spacial score (nSPS) is 15.1. The van der Waals surface area contributed by atoms with E-state index < -0.39 is 6.29 Å². The van der Waals surface area contributed by atoms with Gasteiger partial charge in [0, 0.05) is 19.3 Å². The average Bonchev–Trinajstić information content (AvgIpc) is 2.47. The van der Waals surface area contributed by atoms with Crippen LogP contribution in [0.15, 0.2) is 11.5 Å². The summed E-state index contributed by atoms with van der Waals surface area (Å²) in [4.78, 5) is 11.3. The molecule has 0 fully saturated rings. The SMILES string of the molecule is CCC[C@H](C)/C(O)=C(/NC(C)=O)[C@@H](O)OCCCCCC[OH2+]. The molecule has 0 unspecified atom stereocenters. The summed E-state index contributed by atoms with van der Waals surface area (Å²) in [5, 5.41) is 29.8. The van der Waals surface area contributed by atoms with Crippen LogP contribution in [-0.4, -0.2) is 40.7 Å². The molecule has 22 heavy (non-hydrogen) atoms. The van der Waals surface area contributed by atoms with Crippen LogP contribution in [-0.2, 0) is 9.53 Å². The summed E-state index contributed by atoms with van der Waals surface area (Å²) in [6.07, 6.45) is 3.86. The Hall–Kier alpha value is -1.11. The number of carbonyl (C=O) groups is 1. The fraction of sp³-hybridized carbons (Fsp3) is 0.812. The minimum absolute atomic E-state index is 0.0289. The van der Waals surface area contributed by atoms with E-state index in [4.69, 9.17) is 9.84 Å². The fourth-order valence-corrected chi connectivity index (χ4v) is 2.14. The third kappa shape index (κ3) is 9.02. The van der Waals surface area contributed by atoms with Crippen LogP contribution in [0.2, 0.25) is 0 Å². The predicted molar refractivity (Wildman–Crippen MR) is 86.5 cm³/mol. The van der Waals surface area contributed by atoms with Crippen molar-refractivity contribution < 1.29 is 24.9 Å². The smallest absolute Gasteiger partial charge is 0.221 e. The first-order chi connectivity index (χ1) is 10.4. The van der Waals surface area contributed by atoms with Crippen LogP contribution < -0.4 is 5.32 Å². The summed E-state index contributed by atoms with van der Waals surface area (Å²) < 4.78 is 5.31. The van der Waals surface area contributed by atoms with Crippen LogP contribution in [0.3, 0.4) is 0 Å². The second kappa shape index (κ2) is 12.4. The van der Waals surface area contributed by atoms with Crippen LogP contribution in [0.4, 0.5) is 0 Å². The van der Waals surface area contributed by atoms with E-state index in [1.54, 1.807) is 0 Å². The Balaban J connectivity index is 4.54. The molecule has 0 saturated heterocycles. The number of amides is 1. The summed E-state index contributed by atoms with van der Waals surface area (Å²) in [5.74, 6) is -0.538. The third-order valence-corrected chi connectivity index (χ3v) is 3.37. The van der Waals surface area contributed by atoms with E-state index in [1.165, 1.54) is 6.92 Å². The molecular formula is C16H32NO5+. The highest BCUT2D eigenvalue weighted by Gasteiger charge is 2.21. The highest BCUT2D eigenvalue weighted by molar-refractivity contribution is 5.75. The number of carbonyl (C=O) groups excluding carboxylic acids is 1. The first kappa shape index (κ1) is 20.9. The van der Waals surface area contributed by atoms with E-state index in [-0.39, 0.29) is 23.3 Å². The number of hydrogen-bond acceptors (Lipinski definition) is 4. The van der Waals surface area contributed by atoms with E-state index in [9.17, 15) is 15.0 Å². The van der Waals surface area contributed by atoms with Crippen molar-refractivity contribution >= 4 is 5.91 Å². The number of ether oxygens (including phenoxy) is 1. The molecule has 0 aliphatic heterocycles. The Kier molecular flexibility index (Phi) is 11.8. The Bertz CT molecular complexity index is 343. The quantitative estimate of drug-likeness (QED) is 0.221. The summed E-state index contributed by atoms with van der Waals surface area (Å²) in [6, 6.07) is 0. The zero-order valence-electron chi connectivity index (χ0n) is 14.0. The molecule has 0 aromatic carbocycles. The molecule has 0 aliphatic rings. The highest BCUT2D eigenvalue weighted by atomic mass is 16.6. The van der Waals surface area contributed by atoms with E-state index >= 15 is 0 Å². The molecule has 0 aliphatic carbocycles. The maximum atomic E-state index is 11.3. The Morgan fingerprint density at radius 1 is 1.27 bits per heavy atom. The van der Waals surface area contributed by atoms with Crippen LogP contribution in [0.1, 0.15) is 59.3 Å². The topological polar surface area (TPSA) is 102 Å². The largest absolute Gasteiger partial charge is 0.510 e. The molecule has 0 aromatic rings. The number of allylic oxidation sites excluding steroid dienone is 1. The van der Waals surface area contributed by atoms with Gasteiger partial charge in [-0.3, -0.25) is 4.79 Å². The molecule has 2 atom stereocenters. The molecule has 5 N–H and O–H groups in total. The van der Waals surface area contributed by atoms with E-state index in [0.29, 0.717) is 13.2 Å². The van der Waals surface area contributed by atoms with Crippen molar-refractivity contribution in [3.05, 3.63) is 11.5 Å². The minimum atomic E-state index is -1.33. The maximum absolute atomic E-state index is 11.3. The minimum Gasteiger partial charge on any atom is -0.510 e. The molecule has 6 nitrogen and oxygen atoms in total. The Morgan fingerprint density at radius 3 is 2.45 bits per heavy atom. The molecule has 1 amide bonds. The maximum Gasteiger partial charge on any atom is 0.221 e. The van der Waals surface area contributed by atoms with Gasteiger partial charge in [-0.15, -0.1) is 0 Å². The van der Waals surface area contributed by atoms with Crippen LogP contribution >= 0.6 is 0 Å². The fourth-order valence-electron chi connectivity index (χ4n) is 2.14. The van der Waals surface area contributed by atoms with Crippen LogP contribution in [0.25, 0.3) is 0 Å². The van der Waals surface area contributed by atoms with Crippen molar-refractivity contribution in [1.29, 1.82) is 0 Å². The second-order valence-electron chi connectivity index (χ2n) is 5.56. The van der Waals surface area contributed by atoms with Crippen molar-refractivity contribution in [3.8, 4) is 0 Å². The molecule has 0 rings (SSSR count). The monoisotopic (exact) mass is 318 g/mol. The number of nitrogens with one attached hydrogen (secondary N) is 1. The number of aliphatic hydroxyl groups excluding tert-OH is 2. The van der Waals surface area contributed by atoms with Crippen LogP contribution in [0.5, 0.6) is 0 Å². The number of unbranched alkanes of at least 4 members (excludes halogenated alkanes) is 3. The predicted octanol–water partition coefficient (Wildman–Crippen LogP) is 1.95. The Labute approximate surface area is 133 Å². The number of aliphatic hydroxyl groups is 2. The average molecular weight is 318 g/mol. The van der Waals surface area contributed by atoms with Gasteiger partial charge in [0.1, 0.15) is 18.1 Å². The lowest BCUT2D eigenvalue weighted by atomic mass is 10.0. The van der Waals surface area contributed by atoms with Gasteiger partial charge in [-0.2, -0.15) is 0 Å². The lowest BCUT2D eigenvalue weighted by molar-refractivity contribution is -0.121. The number of rotatable bonds is 12. The summed E-state index contributed by atoms with van der Waals surface area (Å²) in [5.41, 5.74) is 0.0413.